The van der Waals surface area contributed by atoms with Gasteiger partial charge in [-0.1, -0.05) is 70.1 Å². The second-order valence-electron chi connectivity index (χ2n) is 6.97. The van der Waals surface area contributed by atoms with Crippen LogP contribution in [0.5, 0.6) is 0 Å². The summed E-state index contributed by atoms with van der Waals surface area (Å²) in [5.41, 5.74) is 0.668. The molecule has 1 aliphatic rings. The summed E-state index contributed by atoms with van der Waals surface area (Å²) in [6, 6.07) is 9.34. The number of carbonyl (C=O) groups excluding carboxylic acids is 1. The first-order chi connectivity index (χ1) is 11.3. The molecule has 1 saturated carbocycles. The van der Waals surface area contributed by atoms with Crippen molar-refractivity contribution in [3.05, 3.63) is 35.9 Å². The number of ether oxygens (including phenoxy) is 1. The zero-order valence-electron chi connectivity index (χ0n) is 14.6. The fourth-order valence-corrected chi connectivity index (χ4v) is 3.55. The third-order valence-corrected chi connectivity index (χ3v) is 5.04. The van der Waals surface area contributed by atoms with E-state index in [4.69, 9.17) is 4.74 Å². The molecule has 2 nitrogen and oxygen atoms in total. The molecule has 0 bridgehead atoms. The first kappa shape index (κ1) is 18.0. The molecule has 1 aliphatic carbocycles. The quantitative estimate of drug-likeness (QED) is 0.403. The van der Waals surface area contributed by atoms with E-state index in [0.717, 1.165) is 18.8 Å². The van der Waals surface area contributed by atoms with Gasteiger partial charge in [0.1, 0.15) is 6.10 Å². The van der Waals surface area contributed by atoms with Crippen LogP contribution >= 0.6 is 0 Å². The number of hydrogen-bond acceptors (Lipinski definition) is 2. The molecule has 128 valence electrons. The molecular weight excluding hydrogens is 284 g/mol. The van der Waals surface area contributed by atoms with Crippen LogP contribution in [0, 0.1) is 5.92 Å². The molecule has 0 spiro atoms. The van der Waals surface area contributed by atoms with Crippen molar-refractivity contribution < 1.29 is 9.53 Å². The fraction of sp³-hybridized carbons (Fsp3) is 0.667. The monoisotopic (exact) mass is 316 g/mol. The molecule has 0 aromatic heterocycles. The second kappa shape index (κ2) is 10.5. The number of carbonyl (C=O) groups is 1. The lowest BCUT2D eigenvalue weighted by atomic mass is 9.84. The maximum absolute atomic E-state index is 12.1. The molecule has 2 rings (SSSR count). The van der Waals surface area contributed by atoms with Gasteiger partial charge in [0.15, 0.2) is 0 Å². The third kappa shape index (κ3) is 6.76. The van der Waals surface area contributed by atoms with Gasteiger partial charge in [-0.15, -0.1) is 0 Å². The second-order valence-corrected chi connectivity index (χ2v) is 6.97. The van der Waals surface area contributed by atoms with Crippen molar-refractivity contribution in [2.45, 2.75) is 83.7 Å². The van der Waals surface area contributed by atoms with E-state index in [2.05, 4.69) is 6.92 Å². The van der Waals surface area contributed by atoms with Gasteiger partial charge < -0.3 is 4.74 Å². The van der Waals surface area contributed by atoms with E-state index in [1.807, 2.05) is 30.3 Å². The van der Waals surface area contributed by atoms with Crippen LogP contribution in [0.3, 0.4) is 0 Å². The minimum absolute atomic E-state index is 0.128. The number of benzene rings is 1. The maximum Gasteiger partial charge on any atom is 0.338 e. The van der Waals surface area contributed by atoms with Gasteiger partial charge in [-0.05, 0) is 43.7 Å². The smallest absolute Gasteiger partial charge is 0.338 e. The Morgan fingerprint density at radius 2 is 1.61 bits per heavy atom. The minimum atomic E-state index is -0.162. The molecule has 1 aromatic carbocycles. The van der Waals surface area contributed by atoms with Crippen molar-refractivity contribution in [1.29, 1.82) is 0 Å². The van der Waals surface area contributed by atoms with Crippen molar-refractivity contribution in [2.75, 3.05) is 0 Å². The summed E-state index contributed by atoms with van der Waals surface area (Å²) in [7, 11) is 0. The van der Waals surface area contributed by atoms with Gasteiger partial charge in [-0.3, -0.25) is 0 Å². The lowest BCUT2D eigenvalue weighted by molar-refractivity contribution is 0.0161. The number of unbranched alkanes of at least 4 members (excludes halogenated alkanes) is 5. The predicted octanol–water partition coefficient (Wildman–Crippen LogP) is 6.15. The normalized spacial score (nSPS) is 21.1. The summed E-state index contributed by atoms with van der Waals surface area (Å²) in [4.78, 5) is 12.1. The van der Waals surface area contributed by atoms with Gasteiger partial charge in [0.2, 0.25) is 0 Å². The van der Waals surface area contributed by atoms with E-state index in [0.29, 0.717) is 5.56 Å². The zero-order valence-corrected chi connectivity index (χ0v) is 14.6. The van der Waals surface area contributed by atoms with Crippen LogP contribution in [-0.4, -0.2) is 12.1 Å². The van der Waals surface area contributed by atoms with E-state index >= 15 is 0 Å². The topological polar surface area (TPSA) is 26.3 Å². The van der Waals surface area contributed by atoms with Crippen molar-refractivity contribution in [3.8, 4) is 0 Å². The summed E-state index contributed by atoms with van der Waals surface area (Å²) in [6.45, 7) is 2.27. The van der Waals surface area contributed by atoms with Gasteiger partial charge in [-0.25, -0.2) is 4.79 Å². The largest absolute Gasteiger partial charge is 0.459 e. The van der Waals surface area contributed by atoms with Crippen LogP contribution in [0.25, 0.3) is 0 Å². The van der Waals surface area contributed by atoms with Gasteiger partial charge in [-0.2, -0.15) is 0 Å². The Morgan fingerprint density at radius 3 is 2.30 bits per heavy atom. The van der Waals surface area contributed by atoms with Crippen LogP contribution in [0.4, 0.5) is 0 Å². The Kier molecular flexibility index (Phi) is 8.20. The standard InChI is InChI=1S/C21H32O2/c1-2-3-4-5-6-8-11-18-14-16-20(17-15-18)23-21(22)19-12-9-7-10-13-19/h7,9-10,12-13,18,20H,2-6,8,11,14-17H2,1H3. The van der Waals surface area contributed by atoms with E-state index in [1.54, 1.807) is 0 Å². The zero-order chi connectivity index (χ0) is 16.3. The van der Waals surface area contributed by atoms with E-state index in [9.17, 15) is 4.79 Å². The fourth-order valence-electron chi connectivity index (χ4n) is 3.55. The molecule has 0 aliphatic heterocycles. The SMILES string of the molecule is CCCCCCCCC1CCC(OC(=O)c2ccccc2)CC1. The summed E-state index contributed by atoms with van der Waals surface area (Å²) < 4.78 is 5.66. The Balaban J connectivity index is 1.58. The van der Waals surface area contributed by atoms with Crippen LogP contribution < -0.4 is 0 Å². The predicted molar refractivity (Wildman–Crippen MR) is 95.6 cm³/mol. The Bertz CT molecular complexity index is 432. The van der Waals surface area contributed by atoms with Gasteiger partial charge in [0, 0.05) is 0 Å². The average Bonchev–Trinajstić information content (AvgIpc) is 2.60. The van der Waals surface area contributed by atoms with Crippen molar-refractivity contribution in [3.63, 3.8) is 0 Å². The highest BCUT2D eigenvalue weighted by Crippen LogP contribution is 2.30. The highest BCUT2D eigenvalue weighted by atomic mass is 16.5. The molecular formula is C21H32O2. The average molecular weight is 316 g/mol. The Labute approximate surface area is 141 Å². The molecule has 0 atom stereocenters. The Morgan fingerprint density at radius 1 is 0.957 bits per heavy atom. The molecule has 0 N–H and O–H groups in total. The molecule has 1 aromatic rings. The first-order valence-electron chi connectivity index (χ1n) is 9.55. The number of rotatable bonds is 9. The van der Waals surface area contributed by atoms with Crippen molar-refractivity contribution in [1.82, 2.24) is 0 Å². The molecule has 0 saturated heterocycles. The lowest BCUT2D eigenvalue weighted by Gasteiger charge is -2.28. The molecule has 0 heterocycles. The lowest BCUT2D eigenvalue weighted by Crippen LogP contribution is -2.24. The van der Waals surface area contributed by atoms with Crippen molar-refractivity contribution >= 4 is 5.97 Å². The van der Waals surface area contributed by atoms with Crippen LogP contribution in [-0.2, 0) is 4.74 Å². The molecule has 1 fully saturated rings. The third-order valence-electron chi connectivity index (χ3n) is 5.04. The van der Waals surface area contributed by atoms with E-state index in [-0.39, 0.29) is 12.1 Å². The van der Waals surface area contributed by atoms with Gasteiger partial charge >= 0.3 is 5.97 Å². The summed E-state index contributed by atoms with van der Waals surface area (Å²) in [5, 5.41) is 0. The number of hydrogen-bond donors (Lipinski definition) is 0. The minimum Gasteiger partial charge on any atom is -0.459 e. The number of esters is 1. The molecule has 0 amide bonds. The van der Waals surface area contributed by atoms with Crippen LogP contribution in [0.15, 0.2) is 30.3 Å². The molecule has 23 heavy (non-hydrogen) atoms. The highest BCUT2D eigenvalue weighted by Gasteiger charge is 2.23. The summed E-state index contributed by atoms with van der Waals surface area (Å²) >= 11 is 0. The summed E-state index contributed by atoms with van der Waals surface area (Å²) in [5.74, 6) is 0.692. The van der Waals surface area contributed by atoms with Gasteiger partial charge in [0.05, 0.1) is 5.56 Å². The van der Waals surface area contributed by atoms with Gasteiger partial charge in [0.25, 0.3) is 0 Å². The Hall–Kier alpha value is -1.31. The van der Waals surface area contributed by atoms with E-state index < -0.39 is 0 Å². The van der Waals surface area contributed by atoms with Crippen LogP contribution in [0.2, 0.25) is 0 Å². The summed E-state index contributed by atoms with van der Waals surface area (Å²) in [6.07, 6.45) is 14.3. The van der Waals surface area contributed by atoms with Crippen molar-refractivity contribution in [2.24, 2.45) is 5.92 Å². The molecule has 0 unspecified atom stereocenters. The van der Waals surface area contributed by atoms with Crippen LogP contribution in [0.1, 0.15) is 87.9 Å². The maximum atomic E-state index is 12.1. The highest BCUT2D eigenvalue weighted by molar-refractivity contribution is 5.89. The molecule has 2 heteroatoms. The molecule has 0 radical (unpaired) electrons. The first-order valence-corrected chi connectivity index (χ1v) is 9.55. The van der Waals surface area contributed by atoms with E-state index in [1.165, 1.54) is 57.8 Å².